The Morgan fingerprint density at radius 3 is 2.58 bits per heavy atom. The van der Waals surface area contributed by atoms with E-state index >= 15 is 0 Å². The van der Waals surface area contributed by atoms with Crippen LogP contribution in [-0.4, -0.2) is 40.9 Å². The maximum Gasteiger partial charge on any atom is 0.0764 e. The summed E-state index contributed by atoms with van der Waals surface area (Å²) in [5.74, 6) is 0. The molecule has 0 saturated carbocycles. The van der Waals surface area contributed by atoms with Crippen LogP contribution in [0.15, 0.2) is 12.3 Å². The molecule has 4 heteroatoms. The van der Waals surface area contributed by atoms with Gasteiger partial charge in [-0.3, -0.25) is 9.58 Å². The van der Waals surface area contributed by atoms with Crippen molar-refractivity contribution in [1.29, 1.82) is 0 Å². The first-order chi connectivity index (χ1) is 9.06. The van der Waals surface area contributed by atoms with Crippen LogP contribution in [0.1, 0.15) is 52.3 Å². The van der Waals surface area contributed by atoms with E-state index in [4.69, 9.17) is 5.10 Å². The van der Waals surface area contributed by atoms with E-state index < -0.39 is 0 Å². The standard InChI is InChI=1S/C15H30N4/c1-6-15(7-2)19-10-8-14(17-19)12-18(5)11-9-16-13(3)4/h8,10,13,15-16H,6-7,9,11-12H2,1-5H3. The van der Waals surface area contributed by atoms with Crippen LogP contribution in [0.5, 0.6) is 0 Å². The van der Waals surface area contributed by atoms with Gasteiger partial charge in [-0.15, -0.1) is 0 Å². The van der Waals surface area contributed by atoms with E-state index in [-0.39, 0.29) is 0 Å². The minimum atomic E-state index is 0.543. The van der Waals surface area contributed by atoms with Crippen molar-refractivity contribution in [3.63, 3.8) is 0 Å². The Hall–Kier alpha value is -0.870. The van der Waals surface area contributed by atoms with Gasteiger partial charge in [-0.25, -0.2) is 0 Å². The molecule has 1 N–H and O–H groups in total. The molecular formula is C15H30N4. The molecule has 0 fully saturated rings. The number of rotatable bonds is 9. The van der Waals surface area contributed by atoms with Crippen LogP contribution in [-0.2, 0) is 6.54 Å². The second kappa shape index (κ2) is 8.33. The molecule has 1 aromatic rings. The Kier molecular flexibility index (Phi) is 7.10. The highest BCUT2D eigenvalue weighted by Crippen LogP contribution is 2.14. The van der Waals surface area contributed by atoms with Crippen LogP contribution < -0.4 is 5.32 Å². The van der Waals surface area contributed by atoms with E-state index in [1.807, 2.05) is 0 Å². The van der Waals surface area contributed by atoms with E-state index in [1.165, 1.54) is 5.69 Å². The molecule has 0 aliphatic rings. The molecule has 1 aromatic heterocycles. The molecule has 1 rings (SSSR count). The summed E-state index contributed by atoms with van der Waals surface area (Å²) in [5, 5.41) is 8.13. The lowest BCUT2D eigenvalue weighted by Crippen LogP contribution is -2.32. The topological polar surface area (TPSA) is 33.1 Å². The van der Waals surface area contributed by atoms with Crippen molar-refractivity contribution in [2.45, 2.75) is 59.2 Å². The molecule has 0 saturated heterocycles. The van der Waals surface area contributed by atoms with Crippen molar-refractivity contribution in [1.82, 2.24) is 20.0 Å². The molecule has 4 nitrogen and oxygen atoms in total. The number of hydrogen-bond donors (Lipinski definition) is 1. The van der Waals surface area contributed by atoms with Gasteiger partial charge < -0.3 is 5.32 Å². The second-order valence-corrected chi connectivity index (χ2v) is 5.60. The van der Waals surface area contributed by atoms with Gasteiger partial charge in [-0.2, -0.15) is 5.10 Å². The van der Waals surface area contributed by atoms with Gasteiger partial charge >= 0.3 is 0 Å². The molecule has 19 heavy (non-hydrogen) atoms. The van der Waals surface area contributed by atoms with Crippen molar-refractivity contribution in [2.24, 2.45) is 0 Å². The van der Waals surface area contributed by atoms with Crippen LogP contribution >= 0.6 is 0 Å². The van der Waals surface area contributed by atoms with Crippen molar-refractivity contribution in [3.8, 4) is 0 Å². The Labute approximate surface area is 118 Å². The fraction of sp³-hybridized carbons (Fsp3) is 0.800. The zero-order valence-electron chi connectivity index (χ0n) is 13.2. The summed E-state index contributed by atoms with van der Waals surface area (Å²) in [6.45, 7) is 11.8. The lowest BCUT2D eigenvalue weighted by molar-refractivity contribution is 0.313. The van der Waals surface area contributed by atoms with Crippen LogP contribution in [0, 0.1) is 0 Å². The Bertz CT molecular complexity index is 342. The molecule has 0 radical (unpaired) electrons. The van der Waals surface area contributed by atoms with Gasteiger partial charge in [0.05, 0.1) is 11.7 Å². The summed E-state index contributed by atoms with van der Waals surface area (Å²) in [6.07, 6.45) is 4.41. The van der Waals surface area contributed by atoms with Gasteiger partial charge in [0.25, 0.3) is 0 Å². The highest BCUT2D eigenvalue weighted by Gasteiger charge is 2.09. The Morgan fingerprint density at radius 1 is 1.32 bits per heavy atom. The Balaban J connectivity index is 2.40. The number of aromatic nitrogens is 2. The maximum atomic E-state index is 4.69. The van der Waals surface area contributed by atoms with Crippen molar-refractivity contribution >= 4 is 0 Å². The van der Waals surface area contributed by atoms with E-state index in [9.17, 15) is 0 Å². The highest BCUT2D eigenvalue weighted by molar-refractivity contribution is 4.99. The third-order valence-corrected chi connectivity index (χ3v) is 3.46. The van der Waals surface area contributed by atoms with Crippen molar-refractivity contribution < 1.29 is 0 Å². The van der Waals surface area contributed by atoms with Gasteiger partial charge in [0.2, 0.25) is 0 Å². The maximum absolute atomic E-state index is 4.69. The summed E-state index contributed by atoms with van der Waals surface area (Å²) < 4.78 is 2.12. The van der Waals surface area contributed by atoms with Crippen LogP contribution in [0.4, 0.5) is 0 Å². The molecule has 110 valence electrons. The van der Waals surface area contributed by atoms with E-state index in [0.29, 0.717) is 12.1 Å². The molecule has 0 amide bonds. The van der Waals surface area contributed by atoms with Gasteiger partial charge in [-0.05, 0) is 26.0 Å². The first-order valence-corrected chi connectivity index (χ1v) is 7.52. The summed E-state index contributed by atoms with van der Waals surface area (Å²) >= 11 is 0. The molecule has 0 aliphatic heterocycles. The minimum Gasteiger partial charge on any atom is -0.313 e. The molecule has 0 aliphatic carbocycles. The van der Waals surface area contributed by atoms with Gasteiger partial charge in [0.1, 0.15) is 0 Å². The van der Waals surface area contributed by atoms with Gasteiger partial charge in [0.15, 0.2) is 0 Å². The quantitative estimate of drug-likeness (QED) is 0.746. The largest absolute Gasteiger partial charge is 0.313 e. The second-order valence-electron chi connectivity index (χ2n) is 5.60. The molecule has 0 unspecified atom stereocenters. The van der Waals surface area contributed by atoms with Crippen LogP contribution in [0.25, 0.3) is 0 Å². The smallest absolute Gasteiger partial charge is 0.0764 e. The number of nitrogens with one attached hydrogen (secondary N) is 1. The number of hydrogen-bond acceptors (Lipinski definition) is 3. The van der Waals surface area contributed by atoms with Crippen molar-refractivity contribution in [3.05, 3.63) is 18.0 Å². The minimum absolute atomic E-state index is 0.543. The summed E-state index contributed by atoms with van der Waals surface area (Å²) in [7, 11) is 2.15. The predicted molar refractivity (Wildman–Crippen MR) is 81.3 cm³/mol. The first-order valence-electron chi connectivity index (χ1n) is 7.52. The first kappa shape index (κ1) is 16.2. The van der Waals surface area contributed by atoms with Gasteiger partial charge in [-0.1, -0.05) is 27.7 Å². The predicted octanol–water partition coefficient (Wildman–Crippen LogP) is 2.67. The number of likely N-dealkylation sites (N-methyl/N-ethyl adjacent to an activating group) is 1. The zero-order valence-corrected chi connectivity index (χ0v) is 13.2. The third-order valence-electron chi connectivity index (χ3n) is 3.46. The Morgan fingerprint density at radius 2 is 2.00 bits per heavy atom. The summed E-state index contributed by atoms with van der Waals surface area (Å²) in [5.41, 5.74) is 1.17. The molecule has 0 aromatic carbocycles. The van der Waals surface area contributed by atoms with E-state index in [1.54, 1.807) is 0 Å². The third kappa shape index (κ3) is 5.74. The molecule has 1 heterocycles. The molecule has 0 spiro atoms. The summed E-state index contributed by atoms with van der Waals surface area (Å²) in [6, 6.07) is 3.24. The van der Waals surface area contributed by atoms with Crippen molar-refractivity contribution in [2.75, 3.05) is 20.1 Å². The number of nitrogens with zero attached hydrogens (tertiary/aromatic N) is 3. The summed E-state index contributed by atoms with van der Waals surface area (Å²) in [4.78, 5) is 2.31. The van der Waals surface area contributed by atoms with Crippen LogP contribution in [0.2, 0.25) is 0 Å². The molecular weight excluding hydrogens is 236 g/mol. The SMILES string of the molecule is CCC(CC)n1ccc(CN(C)CCNC(C)C)n1. The van der Waals surface area contributed by atoms with E-state index in [2.05, 4.69) is 61.9 Å². The molecule has 0 bridgehead atoms. The van der Waals surface area contributed by atoms with Crippen LogP contribution in [0.3, 0.4) is 0 Å². The normalized spacial score (nSPS) is 12.0. The van der Waals surface area contributed by atoms with Gasteiger partial charge in [0, 0.05) is 31.9 Å². The lowest BCUT2D eigenvalue weighted by atomic mass is 10.2. The zero-order chi connectivity index (χ0) is 14.3. The monoisotopic (exact) mass is 266 g/mol. The fourth-order valence-electron chi connectivity index (χ4n) is 2.23. The highest BCUT2D eigenvalue weighted by atomic mass is 15.3. The average Bonchev–Trinajstić information content (AvgIpc) is 2.78. The molecule has 0 atom stereocenters. The lowest BCUT2D eigenvalue weighted by Gasteiger charge is -2.17. The fourth-order valence-corrected chi connectivity index (χ4v) is 2.23. The van der Waals surface area contributed by atoms with E-state index in [0.717, 1.165) is 32.5 Å². The average molecular weight is 266 g/mol.